The summed E-state index contributed by atoms with van der Waals surface area (Å²) in [5.41, 5.74) is 3.88. The van der Waals surface area contributed by atoms with E-state index in [1.165, 1.54) is 0 Å². The molecule has 1 amide bonds. The third-order valence-corrected chi connectivity index (χ3v) is 4.81. The number of para-hydroxylation sites is 1. The summed E-state index contributed by atoms with van der Waals surface area (Å²) >= 11 is 3.41. The van der Waals surface area contributed by atoms with Gasteiger partial charge >= 0.3 is 0 Å². The number of rotatable bonds is 2. The highest BCUT2D eigenvalue weighted by molar-refractivity contribution is 9.10. The fourth-order valence-electron chi connectivity index (χ4n) is 3.01. The van der Waals surface area contributed by atoms with E-state index in [9.17, 15) is 9.59 Å². The Labute approximate surface area is 147 Å². The highest BCUT2D eigenvalue weighted by Crippen LogP contribution is 2.38. The van der Waals surface area contributed by atoms with Crippen LogP contribution in [0.3, 0.4) is 0 Å². The maximum atomic E-state index is 12.7. The fraction of sp³-hybridized carbons (Fsp3) is 0. The number of hydrogen-bond acceptors (Lipinski definition) is 2. The first-order valence-electron chi connectivity index (χ1n) is 7.50. The number of amides is 1. The number of hydrogen-bond donors (Lipinski definition) is 1. The molecule has 24 heavy (non-hydrogen) atoms. The lowest BCUT2D eigenvalue weighted by atomic mass is 10.0. The molecule has 0 radical (unpaired) electrons. The second-order valence-electron chi connectivity index (χ2n) is 5.54. The summed E-state index contributed by atoms with van der Waals surface area (Å²) in [6, 6.07) is 20.2. The lowest BCUT2D eigenvalue weighted by Gasteiger charge is -2.10. The lowest BCUT2D eigenvalue weighted by Crippen LogP contribution is -2.16. The molecule has 0 aromatic heterocycles. The minimum atomic E-state index is -0.292. The van der Waals surface area contributed by atoms with Crippen LogP contribution in [0.1, 0.15) is 26.3 Å². The molecule has 4 heteroatoms. The summed E-state index contributed by atoms with van der Waals surface area (Å²) in [6.45, 7) is 0. The Balaban J connectivity index is 1.78. The minimum Gasteiger partial charge on any atom is -0.321 e. The van der Waals surface area contributed by atoms with Crippen molar-refractivity contribution in [2.75, 3.05) is 5.32 Å². The molecule has 0 spiro atoms. The van der Waals surface area contributed by atoms with Crippen molar-refractivity contribution in [2.24, 2.45) is 0 Å². The van der Waals surface area contributed by atoms with Gasteiger partial charge < -0.3 is 5.32 Å². The van der Waals surface area contributed by atoms with Crippen LogP contribution >= 0.6 is 15.9 Å². The molecule has 0 saturated carbocycles. The molecule has 0 atom stereocenters. The zero-order valence-electron chi connectivity index (χ0n) is 12.5. The highest BCUT2D eigenvalue weighted by Gasteiger charge is 2.30. The van der Waals surface area contributed by atoms with Gasteiger partial charge in [0.2, 0.25) is 0 Å². The van der Waals surface area contributed by atoms with Crippen LogP contribution in [0.4, 0.5) is 5.69 Å². The second-order valence-corrected chi connectivity index (χ2v) is 6.39. The summed E-state index contributed by atoms with van der Waals surface area (Å²) < 4.78 is 0.792. The molecule has 0 fully saturated rings. The van der Waals surface area contributed by atoms with Gasteiger partial charge in [-0.25, -0.2) is 0 Å². The number of benzene rings is 3. The zero-order valence-corrected chi connectivity index (χ0v) is 14.1. The molecule has 0 bridgehead atoms. The molecule has 0 aliphatic heterocycles. The normalized spacial score (nSPS) is 11.8. The predicted octanol–water partition coefficient (Wildman–Crippen LogP) is 4.91. The maximum Gasteiger partial charge on any atom is 0.256 e. The number of ketones is 1. The number of halogens is 1. The van der Waals surface area contributed by atoms with E-state index >= 15 is 0 Å². The van der Waals surface area contributed by atoms with Crippen molar-refractivity contribution >= 4 is 33.3 Å². The monoisotopic (exact) mass is 377 g/mol. The molecule has 1 aliphatic rings. The summed E-state index contributed by atoms with van der Waals surface area (Å²) in [7, 11) is 0. The predicted molar refractivity (Wildman–Crippen MR) is 97.4 cm³/mol. The van der Waals surface area contributed by atoms with Crippen LogP contribution in [0.5, 0.6) is 0 Å². The first-order chi connectivity index (χ1) is 11.7. The van der Waals surface area contributed by atoms with E-state index in [4.69, 9.17) is 0 Å². The van der Waals surface area contributed by atoms with E-state index in [1.54, 1.807) is 12.1 Å². The number of nitrogens with one attached hydrogen (secondary N) is 1. The Hall–Kier alpha value is -2.72. The molecule has 3 aromatic rings. The standard InChI is InChI=1S/C20H12BrNO2/c21-16-10-3-4-11-17(16)22-20(24)15-9-5-8-13-12-6-1-2-7-14(12)19(23)18(13)15/h1-11H,(H,22,24). The van der Waals surface area contributed by atoms with Crippen molar-refractivity contribution in [3.63, 3.8) is 0 Å². The van der Waals surface area contributed by atoms with Crippen molar-refractivity contribution in [1.29, 1.82) is 0 Å². The third-order valence-electron chi connectivity index (χ3n) is 4.12. The fourth-order valence-corrected chi connectivity index (χ4v) is 3.40. The number of carbonyl (C=O) groups excluding carboxylic acids is 2. The largest absolute Gasteiger partial charge is 0.321 e. The molecule has 1 aliphatic carbocycles. The number of anilines is 1. The summed E-state index contributed by atoms with van der Waals surface area (Å²) in [5, 5.41) is 2.87. The van der Waals surface area contributed by atoms with Crippen LogP contribution in [0.25, 0.3) is 11.1 Å². The van der Waals surface area contributed by atoms with Crippen LogP contribution in [0, 0.1) is 0 Å². The average molecular weight is 378 g/mol. The van der Waals surface area contributed by atoms with Gasteiger partial charge in [-0.15, -0.1) is 0 Å². The van der Waals surface area contributed by atoms with Gasteiger partial charge in [0, 0.05) is 15.6 Å². The minimum absolute atomic E-state index is 0.0986. The zero-order chi connectivity index (χ0) is 16.7. The van der Waals surface area contributed by atoms with E-state index < -0.39 is 0 Å². The van der Waals surface area contributed by atoms with Gasteiger partial charge in [0.1, 0.15) is 0 Å². The van der Waals surface area contributed by atoms with E-state index in [1.807, 2.05) is 54.6 Å². The van der Waals surface area contributed by atoms with Gasteiger partial charge in [-0.3, -0.25) is 9.59 Å². The Morgan fingerprint density at radius 2 is 1.46 bits per heavy atom. The number of carbonyl (C=O) groups is 2. The molecule has 116 valence electrons. The molecule has 1 N–H and O–H groups in total. The van der Waals surface area contributed by atoms with Crippen molar-refractivity contribution in [1.82, 2.24) is 0 Å². The molecule has 3 aromatic carbocycles. The van der Waals surface area contributed by atoms with Crippen LogP contribution in [-0.2, 0) is 0 Å². The van der Waals surface area contributed by atoms with Crippen molar-refractivity contribution in [3.8, 4) is 11.1 Å². The Kier molecular flexibility index (Phi) is 3.54. The van der Waals surface area contributed by atoms with Gasteiger partial charge in [0.05, 0.1) is 11.3 Å². The van der Waals surface area contributed by atoms with Crippen LogP contribution in [0.2, 0.25) is 0 Å². The number of fused-ring (bicyclic) bond motifs is 3. The highest BCUT2D eigenvalue weighted by atomic mass is 79.9. The first kappa shape index (κ1) is 14.8. The smallest absolute Gasteiger partial charge is 0.256 e. The van der Waals surface area contributed by atoms with E-state index in [0.29, 0.717) is 22.4 Å². The van der Waals surface area contributed by atoms with Gasteiger partial charge in [0.25, 0.3) is 5.91 Å². The average Bonchev–Trinajstić information content (AvgIpc) is 2.90. The van der Waals surface area contributed by atoms with Gasteiger partial charge in [0.15, 0.2) is 5.78 Å². The molecular formula is C20H12BrNO2. The third kappa shape index (κ3) is 2.27. The van der Waals surface area contributed by atoms with Crippen LogP contribution in [-0.4, -0.2) is 11.7 Å². The van der Waals surface area contributed by atoms with E-state index in [2.05, 4.69) is 21.2 Å². The summed E-state index contributed by atoms with van der Waals surface area (Å²) in [4.78, 5) is 25.5. The van der Waals surface area contributed by atoms with Gasteiger partial charge in [-0.05, 0) is 45.3 Å². The Bertz CT molecular complexity index is 994. The quantitative estimate of drug-likeness (QED) is 0.539. The summed E-state index contributed by atoms with van der Waals surface area (Å²) in [6.07, 6.45) is 0. The summed E-state index contributed by atoms with van der Waals surface area (Å²) in [5.74, 6) is -0.390. The maximum absolute atomic E-state index is 12.7. The molecule has 4 rings (SSSR count). The Morgan fingerprint density at radius 3 is 2.25 bits per heavy atom. The second kappa shape index (κ2) is 5.73. The van der Waals surface area contributed by atoms with Crippen molar-refractivity contribution in [3.05, 3.63) is 87.9 Å². The van der Waals surface area contributed by atoms with Gasteiger partial charge in [-0.2, -0.15) is 0 Å². The van der Waals surface area contributed by atoms with E-state index in [-0.39, 0.29) is 11.7 Å². The Morgan fingerprint density at radius 1 is 0.792 bits per heavy atom. The topological polar surface area (TPSA) is 46.2 Å². The SMILES string of the molecule is O=C(Nc1ccccc1Br)c1cccc2c1C(=O)c1ccccc1-2. The van der Waals surface area contributed by atoms with Crippen LogP contribution < -0.4 is 5.32 Å². The molecule has 0 heterocycles. The molecule has 0 saturated heterocycles. The lowest BCUT2D eigenvalue weighted by molar-refractivity contribution is 0.0998. The van der Waals surface area contributed by atoms with Crippen molar-refractivity contribution < 1.29 is 9.59 Å². The first-order valence-corrected chi connectivity index (χ1v) is 8.29. The van der Waals surface area contributed by atoms with Gasteiger partial charge in [-0.1, -0.05) is 48.5 Å². The van der Waals surface area contributed by atoms with E-state index in [0.717, 1.165) is 15.6 Å². The molecule has 0 unspecified atom stereocenters. The van der Waals surface area contributed by atoms with Crippen molar-refractivity contribution in [2.45, 2.75) is 0 Å². The molecule has 3 nitrogen and oxygen atoms in total. The van der Waals surface area contributed by atoms with Crippen LogP contribution in [0.15, 0.2) is 71.2 Å². The molecular weight excluding hydrogens is 366 g/mol.